The van der Waals surface area contributed by atoms with Crippen molar-refractivity contribution < 1.29 is 16.8 Å². The van der Waals surface area contributed by atoms with E-state index in [1.807, 2.05) is 139 Å². The van der Waals surface area contributed by atoms with E-state index < -0.39 is 19.7 Å². The summed E-state index contributed by atoms with van der Waals surface area (Å²) in [6.07, 6.45) is 1.75. The van der Waals surface area contributed by atoms with Gasteiger partial charge in [-0.3, -0.25) is 9.78 Å². The molecule has 0 atom stereocenters. The number of hydrogen-bond donors (Lipinski definition) is 2. The number of rotatable bonds is 11. The minimum Gasteiger partial charge on any atom is -0.364 e. The van der Waals surface area contributed by atoms with Gasteiger partial charge in [-0.25, -0.2) is 41.8 Å². The predicted molar refractivity (Wildman–Crippen MR) is 270 cm³/mol. The lowest BCUT2D eigenvalue weighted by Crippen LogP contribution is -2.20. The average molecular weight is 969 g/mol. The van der Waals surface area contributed by atoms with Gasteiger partial charge >= 0.3 is 0 Å². The second-order valence-corrected chi connectivity index (χ2v) is 24.3. The van der Waals surface area contributed by atoms with Crippen LogP contribution in [0.4, 0.5) is 5.82 Å². The molecule has 2 N–H and O–H groups in total. The Morgan fingerprint density at radius 2 is 1.09 bits per heavy atom. The first-order chi connectivity index (χ1) is 31.8. The van der Waals surface area contributed by atoms with Crippen LogP contribution in [0.25, 0.3) is 67.1 Å². The van der Waals surface area contributed by atoms with E-state index in [-0.39, 0.29) is 42.4 Å². The number of pyridine rings is 1. The summed E-state index contributed by atoms with van der Waals surface area (Å²) in [7, 11) is -7.03. The monoisotopic (exact) mass is 968 g/mol. The summed E-state index contributed by atoms with van der Waals surface area (Å²) in [6.45, 7) is 11.8. The van der Waals surface area contributed by atoms with Gasteiger partial charge in [-0.15, -0.1) is 22.7 Å². The van der Waals surface area contributed by atoms with Gasteiger partial charge in [0.2, 0.25) is 28.4 Å². The van der Waals surface area contributed by atoms with E-state index in [2.05, 4.69) is 42.4 Å². The Kier molecular flexibility index (Phi) is 13.3. The summed E-state index contributed by atoms with van der Waals surface area (Å²) in [4.78, 5) is 43.0. The summed E-state index contributed by atoms with van der Waals surface area (Å²) in [5.74, 6) is 1.27. The molecule has 17 heteroatoms. The molecule has 67 heavy (non-hydrogen) atoms. The minimum absolute atomic E-state index is 0.00490. The molecule has 0 aliphatic rings. The molecule has 9 aromatic rings. The zero-order valence-electron chi connectivity index (χ0n) is 37.7. The summed E-state index contributed by atoms with van der Waals surface area (Å²) < 4.78 is 51.2. The normalized spacial score (nSPS) is 12.2. The van der Waals surface area contributed by atoms with Crippen LogP contribution in [0.3, 0.4) is 0 Å². The van der Waals surface area contributed by atoms with Crippen LogP contribution in [0.2, 0.25) is 0 Å². The highest BCUT2D eigenvalue weighted by molar-refractivity contribution is 7.93. The number of benzene rings is 4. The third kappa shape index (κ3) is 11.2. The molecular weight excluding hydrogens is 921 g/mol. The van der Waals surface area contributed by atoms with E-state index in [0.29, 0.717) is 40.5 Å². The number of nitrogens with one attached hydrogen (secondary N) is 2. The summed E-state index contributed by atoms with van der Waals surface area (Å²) in [5.41, 5.74) is 5.64. The molecule has 0 aliphatic heterocycles. The van der Waals surface area contributed by atoms with Gasteiger partial charge in [0.1, 0.15) is 17.2 Å². The van der Waals surface area contributed by atoms with E-state index in [1.165, 1.54) is 0 Å². The molecule has 0 unspecified atom stereocenters. The van der Waals surface area contributed by atoms with Gasteiger partial charge in [0, 0.05) is 17.0 Å². The zero-order valence-corrected chi connectivity index (χ0v) is 40.9. The first kappa shape index (κ1) is 47.0. The average Bonchev–Trinajstić information content (AvgIpc) is 4.01. The molecule has 0 fully saturated rings. The van der Waals surface area contributed by atoms with E-state index in [1.54, 1.807) is 23.0 Å². The molecule has 5 heterocycles. The number of nitrogens with zero attached hydrogens (tertiary/aromatic N) is 6. The first-order valence-electron chi connectivity index (χ1n) is 21.3. The van der Waals surface area contributed by atoms with E-state index in [4.69, 9.17) is 9.97 Å². The highest BCUT2D eigenvalue weighted by Gasteiger charge is 2.28. The Morgan fingerprint density at radius 3 is 1.64 bits per heavy atom. The Morgan fingerprint density at radius 1 is 0.567 bits per heavy atom. The molecule has 0 radical (unpaired) electrons. The van der Waals surface area contributed by atoms with Crippen LogP contribution in [-0.2, 0) is 26.2 Å². The quantitative estimate of drug-likeness (QED) is 0.125. The number of fused-ring (bicyclic) bond motifs is 2. The standard InChI is InChI=1S/C28H27N5O2S2.C22H21N3O3S2/c1-28(2,3)18-37(34,35)27-32-23(17-36-27)25-31-22-14-9-13-21(19-10-5-4-6-11-19)24(22)26(33-25)30-16-20-12-7-8-15-29-20;1-22(2,3)13-30(27,28)21-24-17(12-29-21)19-23-16-11-7-10-15(18(16)20(26)25-19)14-8-5-4-6-9-14/h4-15,17H,16,18H2,1-3H3,(H,30,31,33);4-12H,13H2,1-3H3,(H,23,25,26). The largest absolute Gasteiger partial charge is 0.364 e. The fraction of sp³-hybridized carbons (Fsp3) is 0.220. The topological polar surface area (TPSA) is 191 Å². The molecule has 0 spiro atoms. The summed E-state index contributed by atoms with van der Waals surface area (Å²) in [6, 6.07) is 36.9. The van der Waals surface area contributed by atoms with E-state index >= 15 is 0 Å². The van der Waals surface area contributed by atoms with Gasteiger partial charge in [-0.1, -0.05) is 133 Å². The van der Waals surface area contributed by atoms with Crippen LogP contribution in [0.5, 0.6) is 0 Å². The van der Waals surface area contributed by atoms with Gasteiger partial charge in [0.25, 0.3) is 5.56 Å². The molecule has 342 valence electrons. The molecule has 0 aliphatic carbocycles. The maximum atomic E-state index is 12.9. The molecule has 9 rings (SSSR count). The number of H-pyrrole nitrogens is 1. The Labute approximate surface area is 397 Å². The molecule has 0 saturated carbocycles. The number of sulfone groups is 2. The van der Waals surface area contributed by atoms with Gasteiger partial charge in [-0.05, 0) is 57.3 Å². The van der Waals surface area contributed by atoms with Gasteiger partial charge in [0.05, 0.1) is 45.6 Å². The van der Waals surface area contributed by atoms with Gasteiger partial charge in [-0.2, -0.15) is 0 Å². The second kappa shape index (κ2) is 19.0. The molecule has 0 amide bonds. The Balaban J connectivity index is 0.000000186. The SMILES string of the molecule is CC(C)(C)CS(=O)(=O)c1nc(-c2nc(NCc3ccccn3)c3c(-c4ccccc4)cccc3n2)cs1.CC(C)(C)CS(=O)(=O)c1nc(-c2nc3cccc(-c4ccccc4)c3c(=O)[nH]2)cs1. The maximum Gasteiger partial charge on any atom is 0.259 e. The van der Waals surface area contributed by atoms with Crippen molar-refractivity contribution >= 4 is 70.0 Å². The third-order valence-corrected chi connectivity index (χ3v) is 17.1. The highest BCUT2D eigenvalue weighted by atomic mass is 32.2. The van der Waals surface area contributed by atoms with Crippen molar-refractivity contribution in [3.8, 4) is 45.3 Å². The Bertz CT molecular complexity index is 3490. The van der Waals surface area contributed by atoms with E-state index in [0.717, 1.165) is 61.5 Å². The van der Waals surface area contributed by atoms with Crippen LogP contribution in [0.15, 0.2) is 146 Å². The van der Waals surface area contributed by atoms with Crippen LogP contribution in [0.1, 0.15) is 47.2 Å². The smallest absolute Gasteiger partial charge is 0.259 e. The maximum absolute atomic E-state index is 12.9. The van der Waals surface area contributed by atoms with Crippen molar-refractivity contribution in [2.45, 2.75) is 56.8 Å². The van der Waals surface area contributed by atoms with Crippen LogP contribution < -0.4 is 10.9 Å². The van der Waals surface area contributed by atoms with Crippen molar-refractivity contribution in [2.75, 3.05) is 16.8 Å². The molecular formula is C50H48N8O5S4. The van der Waals surface area contributed by atoms with Crippen molar-refractivity contribution in [1.29, 1.82) is 0 Å². The molecule has 5 aromatic heterocycles. The predicted octanol–water partition coefficient (Wildman–Crippen LogP) is 10.8. The third-order valence-electron chi connectivity index (χ3n) is 10.0. The summed E-state index contributed by atoms with van der Waals surface area (Å²) in [5, 5.41) is 8.12. The van der Waals surface area contributed by atoms with Crippen molar-refractivity contribution in [3.63, 3.8) is 0 Å². The van der Waals surface area contributed by atoms with Crippen molar-refractivity contribution in [2.24, 2.45) is 10.8 Å². The van der Waals surface area contributed by atoms with Crippen molar-refractivity contribution in [3.05, 3.63) is 148 Å². The lowest BCUT2D eigenvalue weighted by Gasteiger charge is -2.16. The molecule has 13 nitrogen and oxygen atoms in total. The van der Waals surface area contributed by atoms with Crippen LogP contribution >= 0.6 is 22.7 Å². The number of thiazole rings is 2. The Hall–Kier alpha value is -6.53. The summed E-state index contributed by atoms with van der Waals surface area (Å²) >= 11 is 2.15. The first-order valence-corrected chi connectivity index (χ1v) is 26.4. The number of anilines is 1. The van der Waals surface area contributed by atoms with E-state index in [9.17, 15) is 21.6 Å². The highest BCUT2D eigenvalue weighted by Crippen LogP contribution is 2.36. The lowest BCUT2D eigenvalue weighted by molar-refractivity contribution is 0.460. The molecule has 0 bridgehead atoms. The molecule has 0 saturated heterocycles. The lowest BCUT2D eigenvalue weighted by atomic mass is 10.0. The van der Waals surface area contributed by atoms with Gasteiger partial charge < -0.3 is 10.3 Å². The van der Waals surface area contributed by atoms with Gasteiger partial charge in [0.15, 0.2) is 11.6 Å². The molecule has 4 aromatic carbocycles. The number of hydrogen-bond acceptors (Lipinski definition) is 14. The second-order valence-electron chi connectivity index (χ2n) is 18.3. The fourth-order valence-corrected chi connectivity index (χ4v) is 13.3. The minimum atomic E-state index is -3.52. The van der Waals surface area contributed by atoms with Crippen molar-refractivity contribution in [1.82, 2.24) is 34.9 Å². The number of aromatic amines is 1. The van der Waals surface area contributed by atoms with Crippen LogP contribution in [-0.4, -0.2) is 63.2 Å². The number of aromatic nitrogens is 7. The zero-order chi connectivity index (χ0) is 47.6. The fourth-order valence-electron chi connectivity index (χ4n) is 7.41. The van der Waals surface area contributed by atoms with Crippen LogP contribution in [0, 0.1) is 10.8 Å².